The van der Waals surface area contributed by atoms with Gasteiger partial charge in [0.25, 0.3) is 0 Å². The van der Waals surface area contributed by atoms with Gasteiger partial charge in [0.05, 0.1) is 6.20 Å². The molecular formula is C16H21N3O2. The molecule has 0 saturated heterocycles. The van der Waals surface area contributed by atoms with E-state index in [1.165, 1.54) is 0 Å². The van der Waals surface area contributed by atoms with E-state index in [9.17, 15) is 9.90 Å². The van der Waals surface area contributed by atoms with Crippen molar-refractivity contribution < 1.29 is 9.90 Å². The highest BCUT2D eigenvalue weighted by Gasteiger charge is 2.25. The zero-order chi connectivity index (χ0) is 15.4. The van der Waals surface area contributed by atoms with Gasteiger partial charge in [0.2, 0.25) is 0 Å². The van der Waals surface area contributed by atoms with Gasteiger partial charge in [-0.1, -0.05) is 31.2 Å². The van der Waals surface area contributed by atoms with Gasteiger partial charge in [0, 0.05) is 25.4 Å². The second-order valence-corrected chi connectivity index (χ2v) is 5.28. The second kappa shape index (κ2) is 6.54. The van der Waals surface area contributed by atoms with Crippen LogP contribution in [0.5, 0.6) is 0 Å². The van der Waals surface area contributed by atoms with Crippen molar-refractivity contribution in [1.82, 2.24) is 14.7 Å². The lowest BCUT2D eigenvalue weighted by Gasteiger charge is -2.24. The number of hydrogen-bond donors (Lipinski definition) is 1. The molecule has 0 aliphatic carbocycles. The molecule has 0 amide bonds. The molecule has 0 fully saturated rings. The summed E-state index contributed by atoms with van der Waals surface area (Å²) in [5, 5.41) is 13.7. The van der Waals surface area contributed by atoms with Gasteiger partial charge in [-0.15, -0.1) is 0 Å². The molecule has 5 heteroatoms. The lowest BCUT2D eigenvalue weighted by molar-refractivity contribution is -0.143. The number of aliphatic carboxylic acids is 1. The molecule has 0 aliphatic rings. The highest BCUT2D eigenvalue weighted by molar-refractivity contribution is 5.75. The summed E-state index contributed by atoms with van der Waals surface area (Å²) in [6.45, 7) is 2.61. The molecule has 0 radical (unpaired) electrons. The predicted octanol–water partition coefficient (Wildman–Crippen LogP) is 2.24. The number of carboxylic acids is 1. The van der Waals surface area contributed by atoms with Gasteiger partial charge in [-0.05, 0) is 24.6 Å². The largest absolute Gasteiger partial charge is 0.480 e. The van der Waals surface area contributed by atoms with E-state index < -0.39 is 12.0 Å². The maximum absolute atomic E-state index is 11.7. The van der Waals surface area contributed by atoms with E-state index in [4.69, 9.17) is 0 Å². The van der Waals surface area contributed by atoms with E-state index in [1.807, 2.05) is 49.5 Å². The molecule has 0 saturated carbocycles. The van der Waals surface area contributed by atoms with E-state index in [0.29, 0.717) is 6.54 Å². The molecule has 2 rings (SSSR count). The summed E-state index contributed by atoms with van der Waals surface area (Å²) in [6, 6.07) is 7.12. The lowest BCUT2D eigenvalue weighted by atomic mass is 10.0. The van der Waals surface area contributed by atoms with Gasteiger partial charge < -0.3 is 5.11 Å². The average Bonchev–Trinajstić information content (AvgIpc) is 2.84. The first kappa shape index (κ1) is 15.3. The smallest absolute Gasteiger partial charge is 0.325 e. The highest BCUT2D eigenvalue weighted by atomic mass is 16.4. The van der Waals surface area contributed by atoms with Gasteiger partial charge in [0.1, 0.15) is 6.04 Å². The number of nitrogens with zero attached hydrogens (tertiary/aromatic N) is 3. The van der Waals surface area contributed by atoms with Crippen molar-refractivity contribution in [2.45, 2.75) is 25.9 Å². The molecule has 0 unspecified atom stereocenters. The van der Waals surface area contributed by atoms with Gasteiger partial charge in [-0.3, -0.25) is 14.4 Å². The molecule has 112 valence electrons. The Morgan fingerprint density at radius 1 is 1.43 bits per heavy atom. The Morgan fingerprint density at radius 3 is 2.76 bits per heavy atom. The fourth-order valence-electron chi connectivity index (χ4n) is 2.50. The first-order valence-corrected chi connectivity index (χ1v) is 7.00. The third-order valence-electron chi connectivity index (χ3n) is 3.54. The first-order valence-electron chi connectivity index (χ1n) is 7.00. The molecule has 1 N–H and O–H groups in total. The molecule has 21 heavy (non-hydrogen) atoms. The topological polar surface area (TPSA) is 58.4 Å². The number of aryl methyl sites for hydroxylation is 2. The second-order valence-electron chi connectivity index (χ2n) is 5.28. The highest BCUT2D eigenvalue weighted by Crippen LogP contribution is 2.22. The van der Waals surface area contributed by atoms with Crippen molar-refractivity contribution in [3.8, 4) is 0 Å². The minimum Gasteiger partial charge on any atom is -0.480 e. The van der Waals surface area contributed by atoms with E-state index >= 15 is 0 Å². The van der Waals surface area contributed by atoms with Gasteiger partial charge in [-0.2, -0.15) is 5.10 Å². The minimum absolute atomic E-state index is 0.543. The fourth-order valence-corrected chi connectivity index (χ4v) is 2.50. The predicted molar refractivity (Wildman–Crippen MR) is 80.9 cm³/mol. The van der Waals surface area contributed by atoms with Crippen molar-refractivity contribution >= 4 is 5.97 Å². The molecule has 5 nitrogen and oxygen atoms in total. The summed E-state index contributed by atoms with van der Waals surface area (Å²) in [7, 11) is 3.67. The quantitative estimate of drug-likeness (QED) is 0.885. The van der Waals surface area contributed by atoms with E-state index in [1.54, 1.807) is 10.9 Å². The standard InChI is InChI=1S/C16H21N3O2/c1-4-12-6-5-7-14(8-12)15(16(20)21)18(2)10-13-9-17-19(3)11-13/h5-9,11,15H,4,10H2,1-3H3,(H,20,21)/t15-/m1/s1. The van der Waals surface area contributed by atoms with Crippen LogP contribution in [0.2, 0.25) is 0 Å². The Kier molecular flexibility index (Phi) is 4.75. The Morgan fingerprint density at radius 2 is 2.19 bits per heavy atom. The van der Waals surface area contributed by atoms with Crippen LogP contribution in [0.25, 0.3) is 0 Å². The van der Waals surface area contributed by atoms with Crippen molar-refractivity contribution in [1.29, 1.82) is 0 Å². The maximum atomic E-state index is 11.7. The summed E-state index contributed by atoms with van der Waals surface area (Å²) >= 11 is 0. The van der Waals surface area contributed by atoms with E-state index in [-0.39, 0.29) is 0 Å². The molecule has 0 spiro atoms. The van der Waals surface area contributed by atoms with Gasteiger partial charge >= 0.3 is 5.97 Å². The van der Waals surface area contributed by atoms with Crippen LogP contribution >= 0.6 is 0 Å². The van der Waals surface area contributed by atoms with Crippen LogP contribution in [0.1, 0.15) is 29.7 Å². The zero-order valence-electron chi connectivity index (χ0n) is 12.7. The molecule has 1 aromatic heterocycles. The van der Waals surface area contributed by atoms with Crippen molar-refractivity contribution in [3.05, 3.63) is 53.3 Å². The fraction of sp³-hybridized carbons (Fsp3) is 0.375. The summed E-state index contributed by atoms with van der Waals surface area (Å²) in [5.74, 6) is -0.838. The molecule has 0 aliphatic heterocycles. The first-order chi connectivity index (χ1) is 10.0. The minimum atomic E-state index is -0.838. The Balaban J connectivity index is 2.23. The zero-order valence-corrected chi connectivity index (χ0v) is 12.7. The Bertz CT molecular complexity index is 621. The van der Waals surface area contributed by atoms with Crippen molar-refractivity contribution in [2.75, 3.05) is 7.05 Å². The molecule has 2 aromatic rings. The maximum Gasteiger partial charge on any atom is 0.325 e. The molecule has 1 heterocycles. The van der Waals surface area contributed by atoms with Crippen LogP contribution in [-0.4, -0.2) is 32.8 Å². The van der Waals surface area contributed by atoms with Gasteiger partial charge in [-0.25, -0.2) is 0 Å². The summed E-state index contributed by atoms with van der Waals surface area (Å²) in [5.41, 5.74) is 2.96. The van der Waals surface area contributed by atoms with Crippen LogP contribution in [0.15, 0.2) is 36.7 Å². The molecule has 1 atom stereocenters. The number of benzene rings is 1. The van der Waals surface area contributed by atoms with Crippen molar-refractivity contribution in [3.63, 3.8) is 0 Å². The number of hydrogen-bond acceptors (Lipinski definition) is 3. The van der Waals surface area contributed by atoms with Crippen LogP contribution < -0.4 is 0 Å². The third kappa shape index (κ3) is 3.70. The number of likely N-dealkylation sites (N-methyl/N-ethyl adjacent to an activating group) is 1. The Hall–Kier alpha value is -2.14. The number of rotatable bonds is 6. The number of carboxylic acid groups (broad SMARTS) is 1. The summed E-state index contributed by atoms with van der Waals surface area (Å²) < 4.78 is 1.72. The van der Waals surface area contributed by atoms with Crippen LogP contribution in [0.3, 0.4) is 0 Å². The summed E-state index contributed by atoms with van der Waals surface area (Å²) in [6.07, 6.45) is 4.56. The van der Waals surface area contributed by atoms with E-state index in [2.05, 4.69) is 12.0 Å². The SMILES string of the molecule is CCc1cccc([C@H](C(=O)O)N(C)Cc2cnn(C)c2)c1. The average molecular weight is 287 g/mol. The third-order valence-corrected chi connectivity index (χ3v) is 3.54. The normalized spacial score (nSPS) is 12.6. The molecule has 1 aromatic carbocycles. The van der Waals surface area contributed by atoms with Gasteiger partial charge in [0.15, 0.2) is 0 Å². The Labute approximate surface area is 124 Å². The molecular weight excluding hydrogens is 266 g/mol. The van der Waals surface area contributed by atoms with Crippen LogP contribution in [-0.2, 0) is 24.8 Å². The van der Waals surface area contributed by atoms with Crippen LogP contribution in [0, 0.1) is 0 Å². The summed E-state index contributed by atoms with van der Waals surface area (Å²) in [4.78, 5) is 13.5. The number of carbonyl (C=O) groups is 1. The van der Waals surface area contributed by atoms with E-state index in [0.717, 1.165) is 23.1 Å². The number of aromatic nitrogens is 2. The molecule has 0 bridgehead atoms. The van der Waals surface area contributed by atoms with Crippen molar-refractivity contribution in [2.24, 2.45) is 7.05 Å². The monoisotopic (exact) mass is 287 g/mol. The van der Waals surface area contributed by atoms with Crippen LogP contribution in [0.4, 0.5) is 0 Å². The lowest BCUT2D eigenvalue weighted by Crippen LogP contribution is -2.30.